The molecule has 1 aromatic carbocycles. The number of benzene rings is 1. The summed E-state index contributed by atoms with van der Waals surface area (Å²) in [6.45, 7) is 7.41. The van der Waals surface area contributed by atoms with Crippen molar-refractivity contribution >= 4 is 0 Å². The average molecular weight is 311 g/mol. The highest BCUT2D eigenvalue weighted by Gasteiger charge is 2.03. The molecule has 0 fully saturated rings. The fraction of sp³-hybridized carbons (Fsp3) is 0.476. The normalized spacial score (nSPS) is 12.1. The second-order valence-electron chi connectivity index (χ2n) is 6.36. The molecule has 124 valence electrons. The van der Waals surface area contributed by atoms with Gasteiger partial charge in [0, 0.05) is 11.8 Å². The van der Waals surface area contributed by atoms with Crippen molar-refractivity contribution in [2.24, 2.45) is 5.92 Å². The van der Waals surface area contributed by atoms with Crippen LogP contribution in [0.15, 0.2) is 42.6 Å². The van der Waals surface area contributed by atoms with Crippen molar-refractivity contribution in [3.63, 3.8) is 0 Å². The molecule has 2 heteroatoms. The van der Waals surface area contributed by atoms with Gasteiger partial charge in [0.2, 0.25) is 0 Å². The monoisotopic (exact) mass is 311 g/mol. The van der Waals surface area contributed by atoms with Gasteiger partial charge in [0.1, 0.15) is 5.75 Å². The van der Waals surface area contributed by atoms with Crippen LogP contribution in [0, 0.1) is 5.92 Å². The summed E-state index contributed by atoms with van der Waals surface area (Å²) in [7, 11) is 0. The molecule has 0 saturated heterocycles. The number of unbranched alkanes of at least 4 members (excludes halogenated alkanes) is 2. The van der Waals surface area contributed by atoms with Crippen LogP contribution in [0.4, 0.5) is 0 Å². The Morgan fingerprint density at radius 2 is 1.78 bits per heavy atom. The molecule has 0 aliphatic carbocycles. The average Bonchev–Trinajstić information content (AvgIpc) is 2.61. The lowest BCUT2D eigenvalue weighted by Gasteiger charge is -2.11. The maximum atomic E-state index is 5.80. The summed E-state index contributed by atoms with van der Waals surface area (Å²) in [6, 6.07) is 12.6. The number of pyridine rings is 1. The highest BCUT2D eigenvalue weighted by atomic mass is 16.5. The van der Waals surface area contributed by atoms with Crippen LogP contribution in [0.5, 0.6) is 5.75 Å². The van der Waals surface area contributed by atoms with Crippen molar-refractivity contribution < 1.29 is 4.74 Å². The first-order chi connectivity index (χ1) is 11.2. The van der Waals surface area contributed by atoms with E-state index in [1.165, 1.54) is 24.8 Å². The summed E-state index contributed by atoms with van der Waals surface area (Å²) in [6.07, 6.45) is 8.09. The van der Waals surface area contributed by atoms with Crippen molar-refractivity contribution in [2.75, 3.05) is 6.61 Å². The Bertz CT molecular complexity index is 559. The van der Waals surface area contributed by atoms with Gasteiger partial charge in [-0.25, -0.2) is 0 Å². The predicted octanol–water partition coefficient (Wildman–Crippen LogP) is 5.91. The maximum Gasteiger partial charge on any atom is 0.119 e. The van der Waals surface area contributed by atoms with Crippen molar-refractivity contribution in [3.8, 4) is 17.0 Å². The summed E-state index contributed by atoms with van der Waals surface area (Å²) in [5.41, 5.74) is 3.49. The number of aryl methyl sites for hydroxylation is 1. The minimum absolute atomic E-state index is 0.594. The van der Waals surface area contributed by atoms with Gasteiger partial charge in [-0.05, 0) is 54.7 Å². The van der Waals surface area contributed by atoms with E-state index in [0.29, 0.717) is 5.92 Å². The van der Waals surface area contributed by atoms with Gasteiger partial charge < -0.3 is 4.74 Å². The lowest BCUT2D eigenvalue weighted by Crippen LogP contribution is -2.06. The van der Waals surface area contributed by atoms with E-state index in [1.54, 1.807) is 0 Å². The molecule has 1 atom stereocenters. The van der Waals surface area contributed by atoms with Crippen molar-refractivity contribution in [1.29, 1.82) is 0 Å². The Balaban J connectivity index is 1.93. The van der Waals surface area contributed by atoms with Crippen LogP contribution >= 0.6 is 0 Å². The van der Waals surface area contributed by atoms with E-state index in [2.05, 4.69) is 50.0 Å². The quantitative estimate of drug-likeness (QED) is 0.537. The molecule has 2 nitrogen and oxygen atoms in total. The first-order valence-electron chi connectivity index (χ1n) is 8.91. The Hall–Kier alpha value is -1.83. The summed E-state index contributed by atoms with van der Waals surface area (Å²) < 4.78 is 5.80. The van der Waals surface area contributed by atoms with Gasteiger partial charge in [-0.1, -0.05) is 46.1 Å². The van der Waals surface area contributed by atoms with Crippen LogP contribution in [0.1, 0.15) is 52.0 Å². The fourth-order valence-electron chi connectivity index (χ4n) is 2.40. The van der Waals surface area contributed by atoms with E-state index in [4.69, 9.17) is 4.74 Å². The van der Waals surface area contributed by atoms with E-state index < -0.39 is 0 Å². The highest BCUT2D eigenvalue weighted by molar-refractivity contribution is 5.60. The zero-order valence-corrected chi connectivity index (χ0v) is 14.7. The standard InChI is InChI=1S/C21H29NO/c1-4-6-7-8-18-9-14-21(22-15-18)19-10-12-20(13-11-19)23-16-17(3)5-2/h9-15,17H,4-8,16H2,1-3H3. The summed E-state index contributed by atoms with van der Waals surface area (Å²) >= 11 is 0. The molecule has 1 aromatic heterocycles. The molecular formula is C21H29NO. The van der Waals surface area contributed by atoms with Gasteiger partial charge >= 0.3 is 0 Å². The molecule has 0 aliphatic heterocycles. The maximum absolute atomic E-state index is 5.80. The molecule has 0 N–H and O–H groups in total. The van der Waals surface area contributed by atoms with E-state index >= 15 is 0 Å². The number of nitrogens with zero attached hydrogens (tertiary/aromatic N) is 1. The molecule has 0 spiro atoms. The molecule has 0 amide bonds. The predicted molar refractivity (Wildman–Crippen MR) is 97.9 cm³/mol. The fourth-order valence-corrected chi connectivity index (χ4v) is 2.40. The largest absolute Gasteiger partial charge is 0.493 e. The highest BCUT2D eigenvalue weighted by Crippen LogP contribution is 2.21. The number of hydrogen-bond acceptors (Lipinski definition) is 2. The van der Waals surface area contributed by atoms with E-state index in [0.717, 1.165) is 36.5 Å². The first kappa shape index (κ1) is 17.5. The minimum Gasteiger partial charge on any atom is -0.493 e. The van der Waals surface area contributed by atoms with Crippen LogP contribution in [0.3, 0.4) is 0 Å². The van der Waals surface area contributed by atoms with Crippen molar-refractivity contribution in [1.82, 2.24) is 4.98 Å². The summed E-state index contributed by atoms with van der Waals surface area (Å²) in [5.74, 6) is 1.53. The summed E-state index contributed by atoms with van der Waals surface area (Å²) in [5, 5.41) is 0. The zero-order valence-electron chi connectivity index (χ0n) is 14.7. The third-order valence-electron chi connectivity index (χ3n) is 4.28. The molecule has 0 saturated carbocycles. The second kappa shape index (κ2) is 9.34. The zero-order chi connectivity index (χ0) is 16.5. The molecule has 23 heavy (non-hydrogen) atoms. The Morgan fingerprint density at radius 3 is 2.39 bits per heavy atom. The minimum atomic E-state index is 0.594. The molecule has 2 rings (SSSR count). The van der Waals surface area contributed by atoms with Crippen LogP contribution < -0.4 is 4.74 Å². The van der Waals surface area contributed by atoms with E-state index in [9.17, 15) is 0 Å². The molecule has 0 bridgehead atoms. The van der Waals surface area contributed by atoms with Crippen LogP contribution in [0.25, 0.3) is 11.3 Å². The third kappa shape index (κ3) is 5.70. The van der Waals surface area contributed by atoms with Crippen molar-refractivity contribution in [2.45, 2.75) is 52.9 Å². The van der Waals surface area contributed by atoms with Gasteiger partial charge in [0.25, 0.3) is 0 Å². The second-order valence-corrected chi connectivity index (χ2v) is 6.36. The molecular weight excluding hydrogens is 282 g/mol. The summed E-state index contributed by atoms with van der Waals surface area (Å²) in [4.78, 5) is 4.60. The van der Waals surface area contributed by atoms with Crippen LogP contribution in [0.2, 0.25) is 0 Å². The smallest absolute Gasteiger partial charge is 0.119 e. The van der Waals surface area contributed by atoms with Crippen LogP contribution in [-0.2, 0) is 6.42 Å². The van der Waals surface area contributed by atoms with Gasteiger partial charge in [-0.2, -0.15) is 0 Å². The van der Waals surface area contributed by atoms with Gasteiger partial charge in [-0.15, -0.1) is 0 Å². The van der Waals surface area contributed by atoms with Gasteiger partial charge in [-0.3, -0.25) is 4.98 Å². The molecule has 1 heterocycles. The Kier molecular flexibility index (Phi) is 7.12. The van der Waals surface area contributed by atoms with E-state index in [-0.39, 0.29) is 0 Å². The third-order valence-corrected chi connectivity index (χ3v) is 4.28. The molecule has 0 aliphatic rings. The Labute approximate surface area is 140 Å². The van der Waals surface area contributed by atoms with E-state index in [1.807, 2.05) is 18.3 Å². The molecule has 2 aromatic rings. The SMILES string of the molecule is CCCCCc1ccc(-c2ccc(OCC(C)CC)cc2)nc1. The number of aromatic nitrogens is 1. The van der Waals surface area contributed by atoms with Crippen LogP contribution in [-0.4, -0.2) is 11.6 Å². The molecule has 0 radical (unpaired) electrons. The number of hydrogen-bond donors (Lipinski definition) is 0. The Morgan fingerprint density at radius 1 is 1.00 bits per heavy atom. The topological polar surface area (TPSA) is 22.1 Å². The number of rotatable bonds is 9. The molecule has 1 unspecified atom stereocenters. The van der Waals surface area contributed by atoms with Crippen molar-refractivity contribution in [3.05, 3.63) is 48.2 Å². The lowest BCUT2D eigenvalue weighted by atomic mass is 10.1. The number of ether oxygens (including phenoxy) is 1. The lowest BCUT2D eigenvalue weighted by molar-refractivity contribution is 0.256. The first-order valence-corrected chi connectivity index (χ1v) is 8.91. The van der Waals surface area contributed by atoms with Gasteiger partial charge in [0.15, 0.2) is 0 Å². The van der Waals surface area contributed by atoms with Gasteiger partial charge in [0.05, 0.1) is 12.3 Å².